The summed E-state index contributed by atoms with van der Waals surface area (Å²) in [7, 11) is 0. The maximum absolute atomic E-state index is 13.6. The Balaban J connectivity index is 1.76. The largest absolute Gasteiger partial charge is 0.353 e. The number of hydrogen-bond acceptors (Lipinski definition) is 5. The van der Waals surface area contributed by atoms with Crippen molar-refractivity contribution >= 4 is 23.6 Å². The first-order chi connectivity index (χ1) is 15.9. The fourth-order valence-corrected chi connectivity index (χ4v) is 5.81. The van der Waals surface area contributed by atoms with E-state index in [1.54, 1.807) is 4.90 Å². The van der Waals surface area contributed by atoms with Crippen molar-refractivity contribution in [1.82, 2.24) is 20.9 Å². The molecule has 3 rings (SSSR count). The SMILES string of the molecule is CC(=O)NC(C(=O)N1CC2CCC[C@@H]2[C@H]1C(=O)N[C@H](C#N)C[C@@H]1CC[C@@H](C)NC1=O)C(C)(C)C. The molecule has 1 aliphatic carbocycles. The molecule has 9 nitrogen and oxygen atoms in total. The fourth-order valence-electron chi connectivity index (χ4n) is 5.81. The van der Waals surface area contributed by atoms with E-state index in [-0.39, 0.29) is 53.8 Å². The van der Waals surface area contributed by atoms with Gasteiger partial charge in [0.15, 0.2) is 0 Å². The number of carbonyl (C=O) groups is 4. The molecule has 2 aliphatic heterocycles. The Hall–Kier alpha value is -2.63. The summed E-state index contributed by atoms with van der Waals surface area (Å²) in [5.41, 5.74) is -0.526. The Morgan fingerprint density at radius 1 is 1.18 bits per heavy atom. The Labute approximate surface area is 202 Å². The molecule has 7 atom stereocenters. The third kappa shape index (κ3) is 5.70. The van der Waals surface area contributed by atoms with E-state index in [1.807, 2.05) is 27.7 Å². The number of fused-ring (bicyclic) bond motifs is 1. The zero-order valence-corrected chi connectivity index (χ0v) is 21.0. The van der Waals surface area contributed by atoms with E-state index >= 15 is 0 Å². The van der Waals surface area contributed by atoms with Crippen molar-refractivity contribution in [3.05, 3.63) is 0 Å². The second kappa shape index (κ2) is 10.3. The highest BCUT2D eigenvalue weighted by atomic mass is 16.2. The Morgan fingerprint density at radius 2 is 1.88 bits per heavy atom. The van der Waals surface area contributed by atoms with Crippen molar-refractivity contribution in [3.8, 4) is 6.07 Å². The number of piperidine rings is 1. The molecular weight excluding hydrogens is 434 g/mol. The topological polar surface area (TPSA) is 131 Å². The van der Waals surface area contributed by atoms with E-state index in [4.69, 9.17) is 0 Å². The van der Waals surface area contributed by atoms with Crippen LogP contribution in [0.4, 0.5) is 0 Å². The smallest absolute Gasteiger partial charge is 0.246 e. The average molecular weight is 474 g/mol. The van der Waals surface area contributed by atoms with Crippen LogP contribution in [0.5, 0.6) is 0 Å². The number of nitriles is 1. The maximum Gasteiger partial charge on any atom is 0.246 e. The van der Waals surface area contributed by atoms with Gasteiger partial charge in [-0.1, -0.05) is 27.2 Å². The first-order valence-corrected chi connectivity index (χ1v) is 12.5. The highest BCUT2D eigenvalue weighted by molar-refractivity contribution is 5.93. The molecule has 0 bridgehead atoms. The summed E-state index contributed by atoms with van der Waals surface area (Å²) in [6, 6.07) is 0.0353. The average Bonchev–Trinajstić information content (AvgIpc) is 3.33. The van der Waals surface area contributed by atoms with Gasteiger partial charge in [-0.05, 0) is 56.3 Å². The molecule has 3 aliphatic rings. The van der Waals surface area contributed by atoms with Gasteiger partial charge < -0.3 is 20.9 Å². The van der Waals surface area contributed by atoms with Gasteiger partial charge in [-0.3, -0.25) is 19.2 Å². The molecule has 3 N–H and O–H groups in total. The summed E-state index contributed by atoms with van der Waals surface area (Å²) < 4.78 is 0. The Morgan fingerprint density at radius 3 is 2.47 bits per heavy atom. The highest BCUT2D eigenvalue weighted by Gasteiger charge is 2.51. The van der Waals surface area contributed by atoms with Crippen molar-refractivity contribution in [2.24, 2.45) is 23.2 Å². The summed E-state index contributed by atoms with van der Waals surface area (Å²) in [6.07, 6.45) is 4.61. The van der Waals surface area contributed by atoms with E-state index < -0.39 is 23.5 Å². The molecule has 2 heterocycles. The minimum Gasteiger partial charge on any atom is -0.353 e. The molecule has 9 heteroatoms. The van der Waals surface area contributed by atoms with Crippen molar-refractivity contribution in [1.29, 1.82) is 5.26 Å². The van der Waals surface area contributed by atoms with Crippen LogP contribution in [0.15, 0.2) is 0 Å². The summed E-state index contributed by atoms with van der Waals surface area (Å²) in [6.45, 7) is 9.48. The highest BCUT2D eigenvalue weighted by Crippen LogP contribution is 2.43. The van der Waals surface area contributed by atoms with Crippen LogP contribution in [0.3, 0.4) is 0 Å². The van der Waals surface area contributed by atoms with Gasteiger partial charge in [0.25, 0.3) is 0 Å². The molecule has 2 unspecified atom stereocenters. The number of carbonyl (C=O) groups excluding carboxylic acids is 4. The lowest BCUT2D eigenvalue weighted by molar-refractivity contribution is -0.144. The number of amides is 4. The molecular formula is C25H39N5O4. The van der Waals surface area contributed by atoms with E-state index in [9.17, 15) is 24.4 Å². The van der Waals surface area contributed by atoms with Crippen LogP contribution in [0.2, 0.25) is 0 Å². The Bertz CT molecular complexity index is 860. The Kier molecular flexibility index (Phi) is 7.89. The van der Waals surface area contributed by atoms with Crippen molar-refractivity contribution < 1.29 is 19.2 Å². The predicted molar refractivity (Wildman–Crippen MR) is 126 cm³/mol. The van der Waals surface area contributed by atoms with E-state index in [2.05, 4.69) is 22.0 Å². The number of likely N-dealkylation sites (tertiary alicyclic amines) is 1. The van der Waals surface area contributed by atoms with Gasteiger partial charge in [0.2, 0.25) is 23.6 Å². The van der Waals surface area contributed by atoms with E-state index in [0.29, 0.717) is 13.0 Å². The van der Waals surface area contributed by atoms with Crippen LogP contribution in [0.25, 0.3) is 0 Å². The van der Waals surface area contributed by atoms with E-state index in [1.165, 1.54) is 6.92 Å². The van der Waals surface area contributed by atoms with Crippen molar-refractivity contribution in [3.63, 3.8) is 0 Å². The molecule has 1 saturated carbocycles. The summed E-state index contributed by atoms with van der Waals surface area (Å²) >= 11 is 0. The molecule has 188 valence electrons. The molecule has 0 radical (unpaired) electrons. The van der Waals surface area contributed by atoms with Gasteiger partial charge in [-0.2, -0.15) is 5.26 Å². The quantitative estimate of drug-likeness (QED) is 0.538. The van der Waals surface area contributed by atoms with Gasteiger partial charge >= 0.3 is 0 Å². The first-order valence-electron chi connectivity index (χ1n) is 12.5. The number of nitrogens with zero attached hydrogens (tertiary/aromatic N) is 2. The van der Waals surface area contributed by atoms with Gasteiger partial charge in [-0.15, -0.1) is 0 Å². The van der Waals surface area contributed by atoms with Crippen LogP contribution in [0.1, 0.15) is 73.1 Å². The zero-order chi connectivity index (χ0) is 25.2. The predicted octanol–water partition coefficient (Wildman–Crippen LogP) is 1.48. The van der Waals surface area contributed by atoms with Crippen LogP contribution in [-0.4, -0.2) is 59.2 Å². The minimum absolute atomic E-state index is 0.0417. The number of hydrogen-bond donors (Lipinski definition) is 3. The summed E-state index contributed by atoms with van der Waals surface area (Å²) in [4.78, 5) is 52.9. The number of rotatable bonds is 6. The third-order valence-corrected chi connectivity index (χ3v) is 7.60. The molecule has 4 amide bonds. The van der Waals surface area contributed by atoms with Gasteiger partial charge in [0, 0.05) is 25.4 Å². The van der Waals surface area contributed by atoms with Crippen molar-refractivity contribution in [2.75, 3.05) is 6.54 Å². The second-order valence-corrected chi connectivity index (χ2v) is 11.4. The zero-order valence-electron chi connectivity index (χ0n) is 21.0. The van der Waals surface area contributed by atoms with Gasteiger partial charge in [-0.25, -0.2) is 0 Å². The lowest BCUT2D eigenvalue weighted by Gasteiger charge is -2.36. The summed E-state index contributed by atoms with van der Waals surface area (Å²) in [5, 5.41) is 18.3. The van der Waals surface area contributed by atoms with Gasteiger partial charge in [0.1, 0.15) is 18.1 Å². The lowest BCUT2D eigenvalue weighted by atomic mass is 9.85. The number of nitrogens with one attached hydrogen (secondary N) is 3. The molecule has 34 heavy (non-hydrogen) atoms. The van der Waals surface area contributed by atoms with Gasteiger partial charge in [0.05, 0.1) is 6.07 Å². The molecule has 0 aromatic rings. The standard InChI is InChI=1S/C25H39N5O4/c1-14-9-10-16(22(32)27-14)11-18(12-26)29-23(33)20-19-8-6-7-17(19)13-30(20)24(34)21(25(3,4)5)28-15(2)31/h14,16-21H,6-11,13H2,1-5H3,(H,27,32)(H,28,31)(H,29,33)/t14-,16+,17?,18+,19+,20+,21?/m1/s1. The van der Waals surface area contributed by atoms with Crippen LogP contribution in [0, 0.1) is 34.5 Å². The molecule has 0 spiro atoms. The normalized spacial score (nSPS) is 30.5. The maximum atomic E-state index is 13.6. The molecule has 2 saturated heterocycles. The second-order valence-electron chi connectivity index (χ2n) is 11.4. The monoisotopic (exact) mass is 473 g/mol. The van der Waals surface area contributed by atoms with E-state index in [0.717, 1.165) is 25.7 Å². The molecule has 0 aromatic heterocycles. The summed E-state index contributed by atoms with van der Waals surface area (Å²) in [5.74, 6) is -1.00. The van der Waals surface area contributed by atoms with Crippen LogP contribution >= 0.6 is 0 Å². The fraction of sp³-hybridized carbons (Fsp3) is 0.800. The molecule has 3 fully saturated rings. The molecule has 0 aromatic carbocycles. The minimum atomic E-state index is -0.803. The van der Waals surface area contributed by atoms with Crippen LogP contribution < -0.4 is 16.0 Å². The van der Waals surface area contributed by atoms with Crippen LogP contribution in [-0.2, 0) is 19.2 Å². The van der Waals surface area contributed by atoms with Crippen molar-refractivity contribution in [2.45, 2.75) is 97.3 Å². The lowest BCUT2D eigenvalue weighted by Crippen LogP contribution is -2.59. The first kappa shape index (κ1) is 26.0. The third-order valence-electron chi connectivity index (χ3n) is 7.60.